The Balaban J connectivity index is 1.32. The number of rotatable bonds is 5. The van der Waals surface area contributed by atoms with Crippen LogP contribution >= 0.6 is 0 Å². The van der Waals surface area contributed by atoms with Crippen LogP contribution in [-0.2, 0) is 14.3 Å². The van der Waals surface area contributed by atoms with E-state index in [0.29, 0.717) is 18.3 Å². The number of amides is 2. The fraction of sp³-hybridized carbons (Fsp3) is 0.562. The SMILES string of the molecule is O=C(COC(=O)C[C@H]1C[C@@H]2CC[C@@H]1C2)NNC(=O)c1ccco1. The first-order chi connectivity index (χ1) is 11.1. The highest BCUT2D eigenvalue weighted by Crippen LogP contribution is 2.49. The lowest BCUT2D eigenvalue weighted by Gasteiger charge is -2.20. The summed E-state index contributed by atoms with van der Waals surface area (Å²) >= 11 is 0. The summed E-state index contributed by atoms with van der Waals surface area (Å²) in [5.74, 6) is 0.395. The third kappa shape index (κ3) is 3.91. The van der Waals surface area contributed by atoms with Gasteiger partial charge in [0.25, 0.3) is 5.91 Å². The summed E-state index contributed by atoms with van der Waals surface area (Å²) in [5.41, 5.74) is 4.35. The maximum Gasteiger partial charge on any atom is 0.306 e. The standard InChI is InChI=1S/C16H20N2O5/c19-14(17-18-16(21)13-2-1-5-22-13)9-23-15(20)8-12-7-10-3-4-11(12)6-10/h1-2,5,10-12H,3-4,6-9H2,(H,17,19)(H,18,21)/t10-,11-,12-/m1/s1. The molecular weight excluding hydrogens is 300 g/mol. The minimum absolute atomic E-state index is 0.0820. The highest BCUT2D eigenvalue weighted by atomic mass is 16.5. The van der Waals surface area contributed by atoms with Crippen LogP contribution in [0.2, 0.25) is 0 Å². The van der Waals surface area contributed by atoms with E-state index in [2.05, 4.69) is 10.9 Å². The molecule has 2 saturated carbocycles. The van der Waals surface area contributed by atoms with Crippen LogP contribution in [0.1, 0.15) is 42.7 Å². The van der Waals surface area contributed by atoms with E-state index in [1.54, 1.807) is 6.07 Å². The second-order valence-electron chi connectivity index (χ2n) is 6.28. The Hall–Kier alpha value is -2.31. The Bertz CT molecular complexity index is 583. The average molecular weight is 320 g/mol. The van der Waals surface area contributed by atoms with Gasteiger partial charge in [-0.2, -0.15) is 0 Å². The number of hydrogen-bond donors (Lipinski definition) is 2. The molecule has 1 aromatic heterocycles. The number of hydrazine groups is 1. The van der Waals surface area contributed by atoms with E-state index < -0.39 is 18.4 Å². The fourth-order valence-electron chi connectivity index (χ4n) is 3.68. The molecule has 2 N–H and O–H groups in total. The van der Waals surface area contributed by atoms with Crippen molar-refractivity contribution in [1.82, 2.24) is 10.9 Å². The zero-order chi connectivity index (χ0) is 16.2. The summed E-state index contributed by atoms with van der Waals surface area (Å²) in [6.07, 6.45) is 6.57. The number of hydrogen-bond acceptors (Lipinski definition) is 5. The van der Waals surface area contributed by atoms with Crippen LogP contribution in [0.5, 0.6) is 0 Å². The molecule has 0 aromatic carbocycles. The third-order valence-electron chi connectivity index (χ3n) is 4.74. The molecule has 2 aliphatic carbocycles. The van der Waals surface area contributed by atoms with Crippen LogP contribution in [0.4, 0.5) is 0 Å². The number of nitrogens with one attached hydrogen (secondary N) is 2. The molecule has 0 radical (unpaired) electrons. The van der Waals surface area contributed by atoms with E-state index in [4.69, 9.17) is 9.15 Å². The first-order valence-electron chi connectivity index (χ1n) is 7.90. The maximum absolute atomic E-state index is 11.8. The molecule has 7 heteroatoms. The van der Waals surface area contributed by atoms with E-state index in [1.165, 1.54) is 31.6 Å². The Morgan fingerprint density at radius 1 is 1.22 bits per heavy atom. The molecular formula is C16H20N2O5. The van der Waals surface area contributed by atoms with E-state index in [0.717, 1.165) is 12.3 Å². The van der Waals surface area contributed by atoms with E-state index in [9.17, 15) is 14.4 Å². The fourth-order valence-corrected chi connectivity index (χ4v) is 3.68. The van der Waals surface area contributed by atoms with Gasteiger partial charge in [-0.1, -0.05) is 6.42 Å². The van der Waals surface area contributed by atoms with E-state index in [1.807, 2.05) is 0 Å². The predicted octanol–water partition coefficient (Wildman–Crippen LogP) is 1.41. The van der Waals surface area contributed by atoms with Gasteiger partial charge in [0.15, 0.2) is 12.4 Å². The number of furan rings is 1. The van der Waals surface area contributed by atoms with Crippen LogP contribution in [0.15, 0.2) is 22.8 Å². The quantitative estimate of drug-likeness (QED) is 0.631. The number of ether oxygens (including phenoxy) is 1. The van der Waals surface area contributed by atoms with Gasteiger partial charge in [0.1, 0.15) is 0 Å². The van der Waals surface area contributed by atoms with Gasteiger partial charge >= 0.3 is 11.9 Å². The van der Waals surface area contributed by atoms with Crippen molar-refractivity contribution in [3.63, 3.8) is 0 Å². The average Bonchev–Trinajstić information content (AvgIpc) is 3.27. The molecule has 1 heterocycles. The normalized spacial score (nSPS) is 25.1. The van der Waals surface area contributed by atoms with Gasteiger partial charge in [0, 0.05) is 6.42 Å². The molecule has 23 heavy (non-hydrogen) atoms. The van der Waals surface area contributed by atoms with Crippen molar-refractivity contribution in [2.75, 3.05) is 6.61 Å². The van der Waals surface area contributed by atoms with Gasteiger partial charge in [0.05, 0.1) is 6.26 Å². The number of esters is 1. The maximum atomic E-state index is 11.8. The Morgan fingerprint density at radius 3 is 2.74 bits per heavy atom. The van der Waals surface area contributed by atoms with Gasteiger partial charge in [-0.05, 0) is 49.1 Å². The molecule has 2 bridgehead atoms. The van der Waals surface area contributed by atoms with Gasteiger partial charge in [-0.3, -0.25) is 25.2 Å². The molecule has 2 amide bonds. The van der Waals surface area contributed by atoms with E-state index >= 15 is 0 Å². The highest BCUT2D eigenvalue weighted by molar-refractivity contribution is 5.93. The highest BCUT2D eigenvalue weighted by Gasteiger charge is 2.40. The second-order valence-corrected chi connectivity index (χ2v) is 6.28. The molecule has 3 atom stereocenters. The molecule has 7 nitrogen and oxygen atoms in total. The largest absolute Gasteiger partial charge is 0.459 e. The van der Waals surface area contributed by atoms with Crippen LogP contribution in [0, 0.1) is 17.8 Å². The number of carbonyl (C=O) groups excluding carboxylic acids is 3. The van der Waals surface area contributed by atoms with Crippen molar-refractivity contribution < 1.29 is 23.5 Å². The number of carbonyl (C=O) groups is 3. The molecule has 2 aliphatic rings. The van der Waals surface area contributed by atoms with Crippen molar-refractivity contribution in [3.05, 3.63) is 24.2 Å². The van der Waals surface area contributed by atoms with Crippen LogP contribution < -0.4 is 10.9 Å². The third-order valence-corrected chi connectivity index (χ3v) is 4.74. The first-order valence-corrected chi connectivity index (χ1v) is 7.90. The first kappa shape index (κ1) is 15.6. The van der Waals surface area contributed by atoms with Gasteiger partial charge in [-0.15, -0.1) is 0 Å². The zero-order valence-corrected chi connectivity index (χ0v) is 12.7. The molecule has 3 rings (SSSR count). The molecule has 0 spiro atoms. The molecule has 2 fully saturated rings. The molecule has 0 unspecified atom stereocenters. The van der Waals surface area contributed by atoms with Gasteiger partial charge in [0.2, 0.25) is 0 Å². The lowest BCUT2D eigenvalue weighted by molar-refractivity contribution is -0.150. The van der Waals surface area contributed by atoms with Crippen LogP contribution in [0.25, 0.3) is 0 Å². The summed E-state index contributed by atoms with van der Waals surface area (Å²) < 4.78 is 9.85. The van der Waals surface area contributed by atoms with Gasteiger partial charge < -0.3 is 9.15 Å². The van der Waals surface area contributed by atoms with Crippen LogP contribution in [-0.4, -0.2) is 24.4 Å². The smallest absolute Gasteiger partial charge is 0.306 e. The minimum atomic E-state index is -0.591. The molecule has 0 aliphatic heterocycles. The summed E-state index contributed by atoms with van der Waals surface area (Å²) in [4.78, 5) is 34.9. The van der Waals surface area contributed by atoms with Crippen molar-refractivity contribution in [3.8, 4) is 0 Å². The topological polar surface area (TPSA) is 97.6 Å². The minimum Gasteiger partial charge on any atom is -0.459 e. The van der Waals surface area contributed by atoms with Crippen molar-refractivity contribution in [1.29, 1.82) is 0 Å². The summed E-state index contributed by atoms with van der Waals surface area (Å²) in [7, 11) is 0. The van der Waals surface area contributed by atoms with Crippen molar-refractivity contribution in [2.45, 2.75) is 32.1 Å². The van der Waals surface area contributed by atoms with Crippen LogP contribution in [0.3, 0.4) is 0 Å². The lowest BCUT2D eigenvalue weighted by atomic mass is 9.86. The second kappa shape index (κ2) is 6.85. The zero-order valence-electron chi connectivity index (χ0n) is 12.7. The summed E-state index contributed by atoms with van der Waals surface area (Å²) in [6, 6.07) is 3.03. The Kier molecular flexibility index (Phi) is 4.64. The summed E-state index contributed by atoms with van der Waals surface area (Å²) in [6.45, 7) is -0.405. The van der Waals surface area contributed by atoms with Gasteiger partial charge in [-0.25, -0.2) is 0 Å². The van der Waals surface area contributed by atoms with Crippen molar-refractivity contribution >= 4 is 17.8 Å². The lowest BCUT2D eigenvalue weighted by Crippen LogP contribution is -2.43. The Morgan fingerprint density at radius 2 is 2.09 bits per heavy atom. The molecule has 0 saturated heterocycles. The monoisotopic (exact) mass is 320 g/mol. The van der Waals surface area contributed by atoms with E-state index in [-0.39, 0.29) is 11.7 Å². The molecule has 1 aromatic rings. The Labute approximate surface area is 133 Å². The number of fused-ring (bicyclic) bond motifs is 2. The predicted molar refractivity (Wildman–Crippen MR) is 78.8 cm³/mol. The summed E-state index contributed by atoms with van der Waals surface area (Å²) in [5, 5.41) is 0. The molecule has 124 valence electrons. The van der Waals surface area contributed by atoms with Crippen molar-refractivity contribution in [2.24, 2.45) is 17.8 Å².